The van der Waals surface area contributed by atoms with Gasteiger partial charge in [-0.1, -0.05) is 0 Å². The lowest BCUT2D eigenvalue weighted by atomic mass is 10.3. The van der Waals surface area contributed by atoms with E-state index in [2.05, 4.69) is 36.8 Å². The summed E-state index contributed by atoms with van der Waals surface area (Å²) in [6.07, 6.45) is -2.71. The van der Waals surface area contributed by atoms with Gasteiger partial charge in [-0.2, -0.15) is 4.39 Å². The van der Waals surface area contributed by atoms with E-state index in [-0.39, 0.29) is 9.08 Å². The van der Waals surface area contributed by atoms with Gasteiger partial charge in [0, 0.05) is 5.56 Å². The number of hydrogen-bond donors (Lipinski definition) is 0. The number of alkyl halides is 2. The number of rotatable bonds is 1. The summed E-state index contributed by atoms with van der Waals surface area (Å²) in [5.41, 5.74) is -0.408. The Balaban J connectivity index is 3.28. The molecule has 0 spiro atoms. The summed E-state index contributed by atoms with van der Waals surface area (Å²) in [6.45, 7) is 0. The molecule has 0 radical (unpaired) electrons. The van der Waals surface area contributed by atoms with Crippen molar-refractivity contribution in [2.24, 2.45) is 0 Å². The summed E-state index contributed by atoms with van der Waals surface area (Å²) in [6, 6.07) is 1.07. The molecule has 0 aliphatic rings. The highest BCUT2D eigenvalue weighted by Crippen LogP contribution is 2.30. The van der Waals surface area contributed by atoms with Gasteiger partial charge < -0.3 is 0 Å². The van der Waals surface area contributed by atoms with Gasteiger partial charge in [0.05, 0.1) is 4.47 Å². The molecule has 0 fully saturated rings. The van der Waals surface area contributed by atoms with Crippen molar-refractivity contribution in [1.29, 1.82) is 0 Å². The average molecular weight is 305 g/mol. The molecule has 66 valence electrons. The van der Waals surface area contributed by atoms with Crippen LogP contribution in [0.2, 0.25) is 0 Å². The van der Waals surface area contributed by atoms with Crippen LogP contribution in [0.3, 0.4) is 0 Å². The maximum absolute atomic E-state index is 12.7. The molecule has 0 bridgehead atoms. The maximum atomic E-state index is 12.7. The summed E-state index contributed by atoms with van der Waals surface area (Å²) in [7, 11) is 0. The monoisotopic (exact) mass is 303 g/mol. The molecule has 0 unspecified atom stereocenters. The van der Waals surface area contributed by atoms with Gasteiger partial charge in [0.1, 0.15) is 4.60 Å². The van der Waals surface area contributed by atoms with Gasteiger partial charge >= 0.3 is 0 Å². The molecule has 0 aromatic carbocycles. The minimum Gasteiger partial charge on any atom is -0.212 e. The van der Waals surface area contributed by atoms with Gasteiger partial charge in [-0.05, 0) is 37.9 Å². The van der Waals surface area contributed by atoms with Crippen LogP contribution >= 0.6 is 31.9 Å². The van der Waals surface area contributed by atoms with Crippen molar-refractivity contribution in [2.75, 3.05) is 0 Å². The van der Waals surface area contributed by atoms with E-state index in [1.165, 1.54) is 0 Å². The van der Waals surface area contributed by atoms with Crippen molar-refractivity contribution in [1.82, 2.24) is 4.98 Å². The third-order valence-electron chi connectivity index (χ3n) is 1.15. The summed E-state index contributed by atoms with van der Waals surface area (Å²) < 4.78 is 36.7. The lowest BCUT2D eigenvalue weighted by Gasteiger charge is -2.03. The Labute approximate surface area is 83.2 Å². The Morgan fingerprint density at radius 3 is 2.42 bits per heavy atom. The van der Waals surface area contributed by atoms with E-state index in [1.54, 1.807) is 0 Å². The maximum Gasteiger partial charge on any atom is 0.265 e. The third-order valence-corrected chi connectivity index (χ3v) is 2.34. The van der Waals surface area contributed by atoms with Crippen LogP contribution in [0.1, 0.15) is 12.0 Å². The Morgan fingerprint density at radius 1 is 1.33 bits per heavy atom. The van der Waals surface area contributed by atoms with Crippen molar-refractivity contribution in [2.45, 2.75) is 6.43 Å². The molecule has 1 nitrogen and oxygen atoms in total. The Bertz CT molecular complexity index is 303. The van der Waals surface area contributed by atoms with Gasteiger partial charge in [0.2, 0.25) is 5.95 Å². The summed E-state index contributed by atoms with van der Waals surface area (Å²) >= 11 is 5.49. The number of aromatic nitrogens is 1. The average Bonchev–Trinajstić information content (AvgIpc) is 1.96. The van der Waals surface area contributed by atoms with Crippen LogP contribution in [0.5, 0.6) is 0 Å². The minimum atomic E-state index is -2.71. The highest BCUT2D eigenvalue weighted by molar-refractivity contribution is 9.11. The lowest BCUT2D eigenvalue weighted by molar-refractivity contribution is 0.149. The molecule has 1 rings (SSSR count). The number of pyridine rings is 1. The highest BCUT2D eigenvalue weighted by Gasteiger charge is 2.16. The largest absolute Gasteiger partial charge is 0.265 e. The molecule has 0 aliphatic carbocycles. The Morgan fingerprint density at radius 2 is 1.92 bits per heavy atom. The van der Waals surface area contributed by atoms with Gasteiger partial charge in [-0.15, -0.1) is 0 Å². The zero-order valence-electron chi connectivity index (χ0n) is 5.49. The molecule has 0 saturated carbocycles. The van der Waals surface area contributed by atoms with Crippen LogP contribution in [0.4, 0.5) is 13.2 Å². The molecule has 1 heterocycles. The first-order chi connectivity index (χ1) is 5.52. The molecule has 12 heavy (non-hydrogen) atoms. The molecular formula is C6H2Br2F3N. The van der Waals surface area contributed by atoms with Crippen LogP contribution in [0.15, 0.2) is 15.1 Å². The smallest absolute Gasteiger partial charge is 0.212 e. The molecule has 1 aromatic rings. The van der Waals surface area contributed by atoms with Crippen molar-refractivity contribution in [3.05, 3.63) is 26.7 Å². The molecule has 0 amide bonds. The zero-order chi connectivity index (χ0) is 9.30. The molecule has 0 aliphatic heterocycles. The van der Waals surface area contributed by atoms with E-state index in [1.807, 2.05) is 0 Å². The first-order valence-electron chi connectivity index (χ1n) is 2.82. The van der Waals surface area contributed by atoms with Crippen LogP contribution in [0, 0.1) is 5.95 Å². The predicted octanol–water partition coefficient (Wildman–Crippen LogP) is 3.68. The second kappa shape index (κ2) is 3.74. The first kappa shape index (κ1) is 9.98. The standard InChI is InChI=1S/C6H2Br2F3N/c7-3-1-2(5(9)10)4(8)6(11)12-3/h1,5H. The molecule has 0 N–H and O–H groups in total. The fourth-order valence-electron chi connectivity index (χ4n) is 0.645. The first-order valence-corrected chi connectivity index (χ1v) is 4.40. The fourth-order valence-corrected chi connectivity index (χ4v) is 1.42. The number of halogens is 5. The van der Waals surface area contributed by atoms with E-state index in [9.17, 15) is 13.2 Å². The molecule has 0 saturated heterocycles. The molecule has 1 aromatic heterocycles. The van der Waals surface area contributed by atoms with Crippen LogP contribution in [-0.2, 0) is 0 Å². The van der Waals surface area contributed by atoms with E-state index in [4.69, 9.17) is 0 Å². The molecular weight excluding hydrogens is 303 g/mol. The minimum absolute atomic E-state index is 0.0542. The quantitative estimate of drug-likeness (QED) is 0.721. The molecule has 6 heteroatoms. The summed E-state index contributed by atoms with van der Waals surface area (Å²) in [5.74, 6) is -0.945. The Kier molecular flexibility index (Phi) is 3.11. The zero-order valence-corrected chi connectivity index (χ0v) is 8.66. The number of nitrogens with zero attached hydrogens (tertiary/aromatic N) is 1. The number of hydrogen-bond acceptors (Lipinski definition) is 1. The third kappa shape index (κ3) is 1.98. The van der Waals surface area contributed by atoms with Crippen LogP contribution in [-0.4, -0.2) is 4.98 Å². The SMILES string of the molecule is Fc1nc(Br)cc(C(F)F)c1Br. The lowest BCUT2D eigenvalue weighted by Crippen LogP contribution is -1.93. The van der Waals surface area contributed by atoms with Crippen LogP contribution in [0.25, 0.3) is 0 Å². The van der Waals surface area contributed by atoms with E-state index < -0.39 is 17.9 Å². The van der Waals surface area contributed by atoms with Gasteiger partial charge in [-0.25, -0.2) is 13.8 Å². The predicted molar refractivity (Wildman–Crippen MR) is 44.6 cm³/mol. The Hall–Kier alpha value is -0.100. The summed E-state index contributed by atoms with van der Waals surface area (Å²) in [4.78, 5) is 3.29. The van der Waals surface area contributed by atoms with Crippen molar-refractivity contribution in [3.8, 4) is 0 Å². The highest BCUT2D eigenvalue weighted by atomic mass is 79.9. The van der Waals surface area contributed by atoms with Crippen molar-refractivity contribution < 1.29 is 13.2 Å². The van der Waals surface area contributed by atoms with Crippen LogP contribution < -0.4 is 0 Å². The molecule has 0 atom stereocenters. The summed E-state index contributed by atoms with van der Waals surface area (Å²) in [5, 5.41) is 0. The van der Waals surface area contributed by atoms with E-state index in [0.29, 0.717) is 0 Å². The van der Waals surface area contributed by atoms with E-state index >= 15 is 0 Å². The second-order valence-corrected chi connectivity index (χ2v) is 3.55. The van der Waals surface area contributed by atoms with Crippen molar-refractivity contribution >= 4 is 31.9 Å². The topological polar surface area (TPSA) is 12.9 Å². The fraction of sp³-hybridized carbons (Fsp3) is 0.167. The van der Waals surface area contributed by atoms with E-state index in [0.717, 1.165) is 6.07 Å². The van der Waals surface area contributed by atoms with Crippen molar-refractivity contribution in [3.63, 3.8) is 0 Å². The van der Waals surface area contributed by atoms with Gasteiger partial charge in [0.25, 0.3) is 6.43 Å². The van der Waals surface area contributed by atoms with Gasteiger partial charge in [-0.3, -0.25) is 0 Å². The van der Waals surface area contributed by atoms with Gasteiger partial charge in [0.15, 0.2) is 0 Å². The second-order valence-electron chi connectivity index (χ2n) is 1.94. The normalized spacial score (nSPS) is 10.8.